The van der Waals surface area contributed by atoms with Gasteiger partial charge in [0.1, 0.15) is 13.2 Å². The number of benzene rings is 2. The van der Waals surface area contributed by atoms with Crippen LogP contribution >= 0.6 is 0 Å². The molecule has 1 fully saturated rings. The SMILES string of the molecule is COc1cc(C(=O)N2CC3(CCCC3)c3cc4c(cc3[C@H]2C)OCCO4)cc(OC)c1OC. The summed E-state index contributed by atoms with van der Waals surface area (Å²) in [5, 5.41) is 0. The molecule has 0 saturated heterocycles. The fraction of sp³-hybridized carbons (Fsp3) is 0.500. The summed E-state index contributed by atoms with van der Waals surface area (Å²) in [6, 6.07) is 7.62. The summed E-state index contributed by atoms with van der Waals surface area (Å²) in [5.74, 6) is 2.96. The van der Waals surface area contributed by atoms with Crippen LogP contribution < -0.4 is 23.7 Å². The predicted molar refractivity (Wildman–Crippen MR) is 123 cm³/mol. The third-order valence-electron chi connectivity index (χ3n) is 7.41. The zero-order valence-corrected chi connectivity index (χ0v) is 19.7. The van der Waals surface area contributed by atoms with E-state index in [2.05, 4.69) is 19.1 Å². The molecule has 1 aliphatic carbocycles. The van der Waals surface area contributed by atoms with E-state index in [0.717, 1.165) is 42.7 Å². The molecule has 1 amide bonds. The minimum absolute atomic E-state index is 0.0476. The van der Waals surface area contributed by atoms with Gasteiger partial charge in [0, 0.05) is 17.5 Å². The summed E-state index contributed by atoms with van der Waals surface area (Å²) >= 11 is 0. The van der Waals surface area contributed by atoms with E-state index in [4.69, 9.17) is 23.7 Å². The van der Waals surface area contributed by atoms with Gasteiger partial charge in [0.25, 0.3) is 5.91 Å². The number of carbonyl (C=O) groups is 1. The number of ether oxygens (including phenoxy) is 5. The zero-order valence-electron chi connectivity index (χ0n) is 19.7. The smallest absolute Gasteiger partial charge is 0.254 e. The fourth-order valence-corrected chi connectivity index (χ4v) is 5.72. The molecule has 0 bridgehead atoms. The maximum Gasteiger partial charge on any atom is 0.254 e. The summed E-state index contributed by atoms with van der Waals surface area (Å²) in [4.78, 5) is 15.9. The molecule has 1 atom stereocenters. The molecule has 5 rings (SSSR count). The lowest BCUT2D eigenvalue weighted by atomic mass is 9.71. The molecule has 7 heteroatoms. The van der Waals surface area contributed by atoms with Gasteiger partial charge in [-0.1, -0.05) is 12.8 Å². The Balaban J connectivity index is 1.58. The molecule has 0 aromatic heterocycles. The first kappa shape index (κ1) is 21.7. The lowest BCUT2D eigenvalue weighted by Crippen LogP contribution is -2.48. The van der Waals surface area contributed by atoms with Gasteiger partial charge < -0.3 is 28.6 Å². The van der Waals surface area contributed by atoms with E-state index < -0.39 is 0 Å². The Bertz CT molecular complexity index is 1050. The van der Waals surface area contributed by atoms with Gasteiger partial charge >= 0.3 is 0 Å². The van der Waals surface area contributed by atoms with Gasteiger partial charge in [0.05, 0.1) is 27.4 Å². The number of fused-ring (bicyclic) bond motifs is 3. The quantitative estimate of drug-likeness (QED) is 0.679. The Kier molecular flexibility index (Phi) is 5.51. The van der Waals surface area contributed by atoms with Crippen LogP contribution in [0.1, 0.15) is 60.1 Å². The summed E-state index contributed by atoms with van der Waals surface area (Å²) in [6.45, 7) is 3.88. The second-order valence-electron chi connectivity index (χ2n) is 9.09. The van der Waals surface area contributed by atoms with E-state index in [1.807, 2.05) is 4.90 Å². The Hall–Kier alpha value is -3.09. The number of hydrogen-bond acceptors (Lipinski definition) is 6. The van der Waals surface area contributed by atoms with Crippen molar-refractivity contribution in [1.82, 2.24) is 4.90 Å². The van der Waals surface area contributed by atoms with Gasteiger partial charge in [0.2, 0.25) is 5.75 Å². The Labute approximate surface area is 194 Å². The van der Waals surface area contributed by atoms with Crippen molar-refractivity contribution in [3.63, 3.8) is 0 Å². The summed E-state index contributed by atoms with van der Waals surface area (Å²) in [6.07, 6.45) is 4.44. The molecule has 7 nitrogen and oxygen atoms in total. The van der Waals surface area contributed by atoms with Gasteiger partial charge in [-0.3, -0.25) is 4.79 Å². The van der Waals surface area contributed by atoms with Crippen LogP contribution in [0.5, 0.6) is 28.7 Å². The maximum absolute atomic E-state index is 13.9. The third-order valence-corrected chi connectivity index (χ3v) is 7.41. The first-order chi connectivity index (χ1) is 16.0. The third kappa shape index (κ3) is 3.45. The minimum atomic E-state index is -0.103. The molecule has 1 saturated carbocycles. The van der Waals surface area contributed by atoms with Crippen molar-refractivity contribution in [1.29, 1.82) is 0 Å². The molecule has 0 radical (unpaired) electrons. The van der Waals surface area contributed by atoms with Gasteiger partial charge in [-0.05, 0) is 55.2 Å². The number of amides is 1. The molecule has 2 aromatic rings. The van der Waals surface area contributed by atoms with Crippen LogP contribution in [0.15, 0.2) is 24.3 Å². The molecule has 2 heterocycles. The molecular weight excluding hydrogens is 422 g/mol. The Morgan fingerprint density at radius 1 is 0.939 bits per heavy atom. The van der Waals surface area contributed by atoms with Crippen molar-refractivity contribution in [3.8, 4) is 28.7 Å². The second kappa shape index (κ2) is 8.36. The molecular formula is C26H31NO6. The highest BCUT2D eigenvalue weighted by Gasteiger charge is 2.46. The molecule has 0 N–H and O–H groups in total. The van der Waals surface area contributed by atoms with Crippen molar-refractivity contribution in [2.45, 2.75) is 44.1 Å². The van der Waals surface area contributed by atoms with Crippen molar-refractivity contribution in [2.24, 2.45) is 0 Å². The van der Waals surface area contributed by atoms with E-state index in [0.29, 0.717) is 42.6 Å². The van der Waals surface area contributed by atoms with Crippen LogP contribution in [0, 0.1) is 0 Å². The number of nitrogens with zero attached hydrogens (tertiary/aromatic N) is 1. The standard InChI is InChI=1S/C26H31NO6/c1-16-18-13-20-21(33-10-9-32-20)14-19(18)26(7-5-6-8-26)15-27(16)25(28)17-11-22(29-2)24(31-4)23(12-17)30-3/h11-14,16H,5-10,15H2,1-4H3/t16-/m1/s1. The number of carbonyl (C=O) groups excluding carboxylic acids is 1. The van der Waals surface area contributed by atoms with Crippen molar-refractivity contribution in [3.05, 3.63) is 41.0 Å². The molecule has 0 unspecified atom stereocenters. The zero-order chi connectivity index (χ0) is 23.2. The molecule has 1 spiro atoms. The van der Waals surface area contributed by atoms with Crippen LogP contribution in [0.25, 0.3) is 0 Å². The molecule has 2 aliphatic heterocycles. The fourth-order valence-electron chi connectivity index (χ4n) is 5.72. The van der Waals surface area contributed by atoms with Crippen LogP contribution in [-0.4, -0.2) is 51.9 Å². The number of methoxy groups -OCH3 is 3. The van der Waals surface area contributed by atoms with Gasteiger partial charge in [-0.25, -0.2) is 0 Å². The first-order valence-electron chi connectivity index (χ1n) is 11.6. The minimum Gasteiger partial charge on any atom is -0.493 e. The average Bonchev–Trinajstić information content (AvgIpc) is 3.33. The largest absolute Gasteiger partial charge is 0.493 e. The average molecular weight is 454 g/mol. The number of rotatable bonds is 4. The van der Waals surface area contributed by atoms with Gasteiger partial charge in [-0.2, -0.15) is 0 Å². The highest BCUT2D eigenvalue weighted by Crippen LogP contribution is 2.52. The highest BCUT2D eigenvalue weighted by molar-refractivity contribution is 5.96. The summed E-state index contributed by atoms with van der Waals surface area (Å²) in [5.41, 5.74) is 2.91. The van der Waals surface area contributed by atoms with E-state index in [9.17, 15) is 4.79 Å². The topological polar surface area (TPSA) is 66.5 Å². The molecule has 3 aliphatic rings. The second-order valence-corrected chi connectivity index (χ2v) is 9.09. The van der Waals surface area contributed by atoms with E-state index >= 15 is 0 Å². The van der Waals surface area contributed by atoms with Crippen LogP contribution in [0.2, 0.25) is 0 Å². The lowest BCUT2D eigenvalue weighted by Gasteiger charge is -2.46. The maximum atomic E-state index is 13.9. The van der Waals surface area contributed by atoms with Gasteiger partial charge in [0.15, 0.2) is 23.0 Å². The van der Waals surface area contributed by atoms with Gasteiger partial charge in [-0.15, -0.1) is 0 Å². The van der Waals surface area contributed by atoms with Crippen LogP contribution in [0.4, 0.5) is 0 Å². The van der Waals surface area contributed by atoms with E-state index in [1.54, 1.807) is 33.5 Å². The summed E-state index contributed by atoms with van der Waals surface area (Å²) in [7, 11) is 4.68. The van der Waals surface area contributed by atoms with Crippen molar-refractivity contribution in [2.75, 3.05) is 41.1 Å². The first-order valence-corrected chi connectivity index (χ1v) is 11.6. The normalized spacial score (nSPS) is 20.4. The Morgan fingerprint density at radius 2 is 1.55 bits per heavy atom. The summed E-state index contributed by atoms with van der Waals surface area (Å²) < 4.78 is 28.2. The Morgan fingerprint density at radius 3 is 2.12 bits per heavy atom. The van der Waals surface area contributed by atoms with E-state index in [-0.39, 0.29) is 17.4 Å². The van der Waals surface area contributed by atoms with Crippen LogP contribution in [-0.2, 0) is 5.41 Å². The van der Waals surface area contributed by atoms with E-state index in [1.165, 1.54) is 5.56 Å². The molecule has 176 valence electrons. The monoisotopic (exact) mass is 453 g/mol. The van der Waals surface area contributed by atoms with Crippen molar-refractivity contribution < 1.29 is 28.5 Å². The lowest BCUT2D eigenvalue weighted by molar-refractivity contribution is 0.0592. The predicted octanol–water partition coefficient (Wildman–Crippen LogP) is 4.51. The highest BCUT2D eigenvalue weighted by atomic mass is 16.6. The van der Waals surface area contributed by atoms with Crippen molar-refractivity contribution >= 4 is 5.91 Å². The number of hydrogen-bond donors (Lipinski definition) is 0. The molecule has 2 aromatic carbocycles. The van der Waals surface area contributed by atoms with Crippen LogP contribution in [0.3, 0.4) is 0 Å². The molecule has 33 heavy (non-hydrogen) atoms.